The van der Waals surface area contributed by atoms with Crippen molar-refractivity contribution < 1.29 is 51.5 Å². The summed E-state index contributed by atoms with van der Waals surface area (Å²) in [4.78, 5) is 48.6. The van der Waals surface area contributed by atoms with Crippen molar-refractivity contribution in [1.82, 2.24) is 19.5 Å². The standard InChI is InChI=1S/C14H16N5O11P3/c1-3-13-7(2)9(19-6-18-8-10(15)16-5-17-11(8)19)14(13,4-20)12(13)28-32(24,25)30-33(26,27)29-31(21,22)23/h1,5-6,9,12,20H,2,4H2,(H,24,25)(H,26,27)(H2,15,16,17)(H2,21,22,23)/t9-,12?,13-,14-/m1/s1. The highest BCUT2D eigenvalue weighted by Crippen LogP contribution is 2.86. The SMILES string of the molecule is C#C[C@]12C(=C)[C@@H](n3cnc4c(N)ncnc43)[C@]1(CO)C2OP(=O)(O)OP(=O)(O)OP(=O)(O)O. The van der Waals surface area contributed by atoms with Crippen LogP contribution in [-0.2, 0) is 26.8 Å². The summed E-state index contributed by atoms with van der Waals surface area (Å²) in [6.45, 7) is 3.20. The summed E-state index contributed by atoms with van der Waals surface area (Å²) in [7, 11) is -16.8. The highest BCUT2D eigenvalue weighted by molar-refractivity contribution is 7.66. The van der Waals surface area contributed by atoms with Crippen molar-refractivity contribution in [3.05, 3.63) is 24.8 Å². The number of phosphoric ester groups is 1. The number of aliphatic hydroxyl groups is 1. The Kier molecular flexibility index (Phi) is 5.31. The Morgan fingerprint density at radius 3 is 2.42 bits per heavy atom. The largest absolute Gasteiger partial charge is 0.490 e. The van der Waals surface area contributed by atoms with Crippen LogP contribution in [0.15, 0.2) is 24.8 Å². The summed E-state index contributed by atoms with van der Waals surface area (Å²) in [5, 5.41) is 10.2. The Labute approximate surface area is 184 Å². The number of fused-ring (bicyclic) bond motifs is 2. The van der Waals surface area contributed by atoms with Gasteiger partial charge in [0.25, 0.3) is 0 Å². The molecule has 0 aliphatic heterocycles. The second-order valence-corrected chi connectivity index (χ2v) is 11.6. The molecule has 0 bridgehead atoms. The van der Waals surface area contributed by atoms with E-state index in [1.165, 1.54) is 17.2 Å². The van der Waals surface area contributed by atoms with Gasteiger partial charge in [0.15, 0.2) is 11.5 Å². The maximum Gasteiger partial charge on any atom is 0.490 e. The number of phosphoric acid groups is 3. The second kappa shape index (κ2) is 7.26. The van der Waals surface area contributed by atoms with E-state index < -0.39 is 53.1 Å². The van der Waals surface area contributed by atoms with Gasteiger partial charge < -0.3 is 35.0 Å². The van der Waals surface area contributed by atoms with Crippen LogP contribution in [0.2, 0.25) is 0 Å². The summed E-state index contributed by atoms with van der Waals surface area (Å²) in [6, 6.07) is -0.852. The smallest absolute Gasteiger partial charge is 0.396 e. The molecule has 2 aliphatic carbocycles. The van der Waals surface area contributed by atoms with Gasteiger partial charge >= 0.3 is 23.5 Å². The number of imidazole rings is 1. The Morgan fingerprint density at radius 1 is 1.18 bits per heavy atom. The van der Waals surface area contributed by atoms with Crippen LogP contribution in [0.1, 0.15) is 6.04 Å². The number of rotatable bonds is 8. The van der Waals surface area contributed by atoms with Crippen LogP contribution in [0, 0.1) is 23.2 Å². The van der Waals surface area contributed by atoms with Crippen molar-refractivity contribution in [2.24, 2.45) is 10.8 Å². The second-order valence-electron chi connectivity index (χ2n) is 7.24. The van der Waals surface area contributed by atoms with Gasteiger partial charge in [0.1, 0.15) is 17.9 Å². The number of hydrogen-bond acceptors (Lipinski definition) is 11. The maximum atomic E-state index is 12.4. The molecule has 16 nitrogen and oxygen atoms in total. The molecule has 7 N–H and O–H groups in total. The highest BCUT2D eigenvalue weighted by Gasteiger charge is 2.91. The predicted octanol–water partition coefficient (Wildman–Crippen LogP) is -0.157. The fraction of sp³-hybridized carbons (Fsp3) is 0.357. The zero-order valence-electron chi connectivity index (χ0n) is 16.2. The molecule has 0 spiro atoms. The molecule has 0 radical (unpaired) electrons. The fourth-order valence-electron chi connectivity index (χ4n) is 4.47. The first-order valence-electron chi connectivity index (χ1n) is 8.69. The van der Waals surface area contributed by atoms with Crippen molar-refractivity contribution in [3.8, 4) is 12.3 Å². The molecule has 2 aliphatic rings. The van der Waals surface area contributed by atoms with Gasteiger partial charge in [0.2, 0.25) is 0 Å². The fourth-order valence-corrected chi connectivity index (χ4v) is 7.74. The molecule has 4 rings (SSSR count). The number of aromatic nitrogens is 4. The number of nitrogens with zero attached hydrogens (tertiary/aromatic N) is 4. The first-order valence-corrected chi connectivity index (χ1v) is 13.2. The number of aliphatic hydroxyl groups excluding tert-OH is 1. The minimum atomic E-state index is -5.74. The monoisotopic (exact) mass is 523 g/mol. The van der Waals surface area contributed by atoms with E-state index in [1.54, 1.807) is 0 Å². The Balaban J connectivity index is 1.67. The van der Waals surface area contributed by atoms with Gasteiger partial charge in [-0.1, -0.05) is 12.5 Å². The molecule has 2 saturated carbocycles. The molecule has 2 heterocycles. The maximum absolute atomic E-state index is 12.4. The molecule has 178 valence electrons. The first kappa shape index (κ1) is 24.2. The molecule has 0 aromatic carbocycles. The zero-order chi connectivity index (χ0) is 24.6. The van der Waals surface area contributed by atoms with Crippen molar-refractivity contribution >= 4 is 40.4 Å². The van der Waals surface area contributed by atoms with Crippen molar-refractivity contribution in [3.63, 3.8) is 0 Å². The average molecular weight is 523 g/mol. The molecule has 2 aromatic rings. The minimum absolute atomic E-state index is 0.0746. The van der Waals surface area contributed by atoms with Gasteiger partial charge in [0.05, 0.1) is 29.8 Å². The van der Waals surface area contributed by atoms with E-state index in [4.69, 9.17) is 26.5 Å². The van der Waals surface area contributed by atoms with Gasteiger partial charge in [-0.3, -0.25) is 4.52 Å². The molecule has 19 heteroatoms. The van der Waals surface area contributed by atoms with Gasteiger partial charge in [-0.05, 0) is 5.57 Å². The number of nitrogen functional groups attached to an aromatic ring is 1. The third-order valence-corrected chi connectivity index (χ3v) is 9.45. The molecule has 33 heavy (non-hydrogen) atoms. The summed E-state index contributed by atoms with van der Waals surface area (Å²) in [5.74, 6) is 2.44. The summed E-state index contributed by atoms with van der Waals surface area (Å²) >= 11 is 0. The topological polar surface area (TPSA) is 250 Å². The molecule has 0 saturated heterocycles. The lowest BCUT2D eigenvalue weighted by atomic mass is 9.66. The van der Waals surface area contributed by atoms with Crippen molar-refractivity contribution in [2.75, 3.05) is 12.3 Å². The van der Waals surface area contributed by atoms with E-state index in [0.29, 0.717) is 0 Å². The minimum Gasteiger partial charge on any atom is -0.396 e. The van der Waals surface area contributed by atoms with Gasteiger partial charge in [-0.25, -0.2) is 28.6 Å². The molecular formula is C14H16N5O11P3. The predicted molar refractivity (Wildman–Crippen MR) is 107 cm³/mol. The molecular weight excluding hydrogens is 507 g/mol. The van der Waals surface area contributed by atoms with E-state index in [-0.39, 0.29) is 22.6 Å². The number of hydrogen-bond donors (Lipinski definition) is 6. The summed E-state index contributed by atoms with van der Waals surface area (Å²) in [6.07, 6.45) is 6.66. The molecule has 2 aromatic heterocycles. The quantitative estimate of drug-likeness (QED) is 0.149. The third kappa shape index (κ3) is 3.42. The van der Waals surface area contributed by atoms with Crippen molar-refractivity contribution in [2.45, 2.75) is 12.1 Å². The van der Waals surface area contributed by atoms with E-state index in [2.05, 4.69) is 36.1 Å². The lowest BCUT2D eigenvalue weighted by Gasteiger charge is -2.42. The molecule has 2 fully saturated rings. The number of terminal acetylenes is 1. The van der Waals surface area contributed by atoms with Crippen LogP contribution in [0.5, 0.6) is 0 Å². The normalized spacial score (nSPS) is 32.3. The van der Waals surface area contributed by atoms with Gasteiger partial charge in [0, 0.05) is 0 Å². The molecule has 3 unspecified atom stereocenters. The summed E-state index contributed by atoms with van der Waals surface area (Å²) < 4.78 is 48.7. The molecule has 6 atom stereocenters. The van der Waals surface area contributed by atoms with Crippen molar-refractivity contribution in [1.29, 1.82) is 0 Å². The third-order valence-electron chi connectivity index (χ3n) is 5.65. The van der Waals surface area contributed by atoms with Gasteiger partial charge in [-0.15, -0.1) is 6.42 Å². The lowest BCUT2D eigenvalue weighted by molar-refractivity contribution is 0.0842. The van der Waals surface area contributed by atoms with Crippen LogP contribution in [0.4, 0.5) is 5.82 Å². The van der Waals surface area contributed by atoms with Crippen LogP contribution in [-0.4, -0.2) is 56.9 Å². The Hall–Kier alpha value is -1.98. The van der Waals surface area contributed by atoms with E-state index in [0.717, 1.165) is 0 Å². The van der Waals surface area contributed by atoms with Crippen LogP contribution >= 0.6 is 23.5 Å². The van der Waals surface area contributed by atoms with E-state index >= 15 is 0 Å². The van der Waals surface area contributed by atoms with Crippen LogP contribution in [0.3, 0.4) is 0 Å². The highest BCUT2D eigenvalue weighted by atomic mass is 31.3. The number of nitrogens with two attached hydrogens (primary N) is 1. The average Bonchev–Trinajstić information content (AvgIpc) is 2.89. The van der Waals surface area contributed by atoms with E-state index in [1.807, 2.05) is 0 Å². The Bertz CT molecular complexity index is 1370. The van der Waals surface area contributed by atoms with E-state index in [9.17, 15) is 28.6 Å². The molecule has 0 amide bonds. The summed E-state index contributed by atoms with van der Waals surface area (Å²) in [5.41, 5.74) is 3.60. The first-order chi connectivity index (χ1) is 15.2. The lowest BCUT2D eigenvalue weighted by Crippen LogP contribution is -2.42. The van der Waals surface area contributed by atoms with Crippen LogP contribution < -0.4 is 5.73 Å². The van der Waals surface area contributed by atoms with Crippen LogP contribution in [0.25, 0.3) is 11.2 Å². The number of anilines is 1. The van der Waals surface area contributed by atoms with Gasteiger partial charge in [-0.2, -0.15) is 8.62 Å². The zero-order valence-corrected chi connectivity index (χ0v) is 18.9. The Morgan fingerprint density at radius 2 is 1.85 bits per heavy atom.